The van der Waals surface area contributed by atoms with Crippen molar-refractivity contribution >= 4 is 45.0 Å². The van der Waals surface area contributed by atoms with Crippen molar-refractivity contribution in [1.82, 2.24) is 0 Å². The smallest absolute Gasteiger partial charge is 0.348 e. The van der Waals surface area contributed by atoms with E-state index in [0.717, 1.165) is 21.3 Å². The number of sulfonamides is 1. The van der Waals surface area contributed by atoms with E-state index in [1.54, 1.807) is 0 Å². The summed E-state index contributed by atoms with van der Waals surface area (Å²) in [7, 11) is 1.49. The molecule has 0 saturated heterocycles. The van der Waals surface area contributed by atoms with Gasteiger partial charge in [-0.05, 0) is 12.5 Å². The molecule has 0 spiro atoms. The van der Waals surface area contributed by atoms with Crippen molar-refractivity contribution in [3.63, 3.8) is 0 Å². The van der Waals surface area contributed by atoms with Gasteiger partial charge >= 0.3 is 17.9 Å². The Morgan fingerprint density at radius 2 is 1.38 bits per heavy atom. The van der Waals surface area contributed by atoms with Crippen LogP contribution in [0.1, 0.15) is 36.0 Å². The van der Waals surface area contributed by atoms with Gasteiger partial charge in [-0.3, -0.25) is 4.72 Å². The van der Waals surface area contributed by atoms with E-state index in [1.165, 1.54) is 33.3 Å². The number of rotatable bonds is 8. The Morgan fingerprint density at radius 1 is 0.844 bits per heavy atom. The van der Waals surface area contributed by atoms with E-state index in [0.29, 0.717) is 11.3 Å². The molecule has 2 rings (SSSR count). The average molecular weight is 488 g/mol. The van der Waals surface area contributed by atoms with Gasteiger partial charge in [-0.1, -0.05) is 0 Å². The van der Waals surface area contributed by atoms with Gasteiger partial charge in [0, 0.05) is 12.1 Å². The minimum absolute atomic E-state index is 0.0783. The van der Waals surface area contributed by atoms with Crippen LogP contribution < -0.4 is 14.2 Å². The number of methoxy groups -OCH3 is 5. The third-order valence-electron chi connectivity index (χ3n) is 4.29. The van der Waals surface area contributed by atoms with E-state index in [4.69, 9.17) is 14.2 Å². The largest absolute Gasteiger partial charge is 0.493 e. The minimum Gasteiger partial charge on any atom is -0.493 e. The summed E-state index contributed by atoms with van der Waals surface area (Å²) in [4.78, 5) is 36.5. The molecule has 11 nitrogen and oxygen atoms in total. The van der Waals surface area contributed by atoms with Crippen LogP contribution in [0.15, 0.2) is 16.3 Å². The van der Waals surface area contributed by atoms with E-state index < -0.39 is 32.1 Å². The second kappa shape index (κ2) is 9.87. The number of carbonyl (C=O) groups excluding carboxylic acids is 3. The van der Waals surface area contributed by atoms with Gasteiger partial charge in [0.15, 0.2) is 15.7 Å². The maximum Gasteiger partial charge on any atom is 0.348 e. The lowest BCUT2D eigenvalue weighted by Gasteiger charge is -2.15. The fourth-order valence-electron chi connectivity index (χ4n) is 2.74. The first-order valence-electron chi connectivity index (χ1n) is 8.73. The quantitative estimate of drug-likeness (QED) is 0.435. The Bertz CT molecular complexity index is 1170. The van der Waals surface area contributed by atoms with Gasteiger partial charge in [0.25, 0.3) is 10.0 Å². The number of hydrogen-bond donors (Lipinski definition) is 1. The normalized spacial score (nSPS) is 10.8. The Hall–Kier alpha value is -3.32. The SMILES string of the molecule is COC(=O)c1cc(OC)c(OC)cc1NS(=O)(=O)c1sc(C(=O)OC)c(C)c1C(=O)OC. The van der Waals surface area contributed by atoms with E-state index in [-0.39, 0.29) is 38.8 Å². The Labute approximate surface area is 188 Å². The highest BCUT2D eigenvalue weighted by atomic mass is 32.2. The van der Waals surface area contributed by atoms with Crippen LogP contribution in [-0.4, -0.2) is 61.9 Å². The van der Waals surface area contributed by atoms with Gasteiger partial charge in [0.1, 0.15) is 4.88 Å². The number of anilines is 1. The topological polar surface area (TPSA) is 144 Å². The summed E-state index contributed by atoms with van der Waals surface area (Å²) in [6.45, 7) is 1.39. The second-order valence-electron chi connectivity index (χ2n) is 6.05. The summed E-state index contributed by atoms with van der Waals surface area (Å²) in [5.74, 6) is -2.35. The van der Waals surface area contributed by atoms with E-state index in [1.807, 2.05) is 0 Å². The fraction of sp³-hybridized carbons (Fsp3) is 0.316. The van der Waals surface area contributed by atoms with Crippen molar-refractivity contribution < 1.29 is 46.5 Å². The van der Waals surface area contributed by atoms with E-state index >= 15 is 0 Å². The highest BCUT2D eigenvalue weighted by Gasteiger charge is 2.33. The molecule has 2 aromatic rings. The summed E-state index contributed by atoms with van der Waals surface area (Å²) in [5, 5.41) is 0. The molecular weight excluding hydrogens is 466 g/mol. The van der Waals surface area contributed by atoms with Crippen molar-refractivity contribution in [3.05, 3.63) is 33.7 Å². The van der Waals surface area contributed by atoms with Crippen LogP contribution in [0.3, 0.4) is 0 Å². The van der Waals surface area contributed by atoms with Gasteiger partial charge in [0.05, 0.1) is 52.4 Å². The van der Waals surface area contributed by atoms with Crippen molar-refractivity contribution in [2.24, 2.45) is 0 Å². The maximum atomic E-state index is 13.3. The molecule has 0 aliphatic rings. The van der Waals surface area contributed by atoms with E-state index in [9.17, 15) is 22.8 Å². The maximum absolute atomic E-state index is 13.3. The molecule has 13 heteroatoms. The zero-order valence-corrected chi connectivity index (χ0v) is 19.7. The van der Waals surface area contributed by atoms with Gasteiger partial charge in [-0.25, -0.2) is 22.8 Å². The van der Waals surface area contributed by atoms with Crippen LogP contribution >= 0.6 is 11.3 Å². The predicted molar refractivity (Wildman–Crippen MR) is 113 cm³/mol. The van der Waals surface area contributed by atoms with Crippen LogP contribution in [0.2, 0.25) is 0 Å². The van der Waals surface area contributed by atoms with Gasteiger partial charge in [-0.15, -0.1) is 11.3 Å². The third kappa shape index (κ3) is 4.62. The highest BCUT2D eigenvalue weighted by molar-refractivity contribution is 7.94. The average Bonchev–Trinajstić information content (AvgIpc) is 3.14. The van der Waals surface area contributed by atoms with Crippen molar-refractivity contribution in [2.45, 2.75) is 11.1 Å². The number of nitrogens with one attached hydrogen (secondary N) is 1. The lowest BCUT2D eigenvalue weighted by atomic mass is 10.1. The van der Waals surface area contributed by atoms with Gasteiger partial charge < -0.3 is 23.7 Å². The van der Waals surface area contributed by atoms with E-state index in [2.05, 4.69) is 14.2 Å². The first kappa shape index (κ1) is 24.9. The number of benzene rings is 1. The standard InChI is InChI=1S/C19H21NO10S2/c1-9-14(17(22)29-5)19(31-15(9)18(23)30-6)32(24,25)20-11-8-13(27-3)12(26-2)7-10(11)16(21)28-4/h7-8,20H,1-6H3. The van der Waals surface area contributed by atoms with Crippen molar-refractivity contribution in [2.75, 3.05) is 40.3 Å². The number of hydrogen-bond acceptors (Lipinski definition) is 11. The molecule has 0 unspecified atom stereocenters. The summed E-state index contributed by atoms with van der Waals surface area (Å²) in [6, 6.07) is 2.46. The molecule has 1 aromatic carbocycles. The molecule has 0 amide bonds. The first-order valence-corrected chi connectivity index (χ1v) is 11.0. The van der Waals surface area contributed by atoms with Crippen molar-refractivity contribution in [1.29, 1.82) is 0 Å². The number of esters is 3. The lowest BCUT2D eigenvalue weighted by Crippen LogP contribution is -2.18. The number of ether oxygens (including phenoxy) is 5. The summed E-state index contributed by atoms with van der Waals surface area (Å²) < 4.78 is 52.6. The Kier molecular flexibility index (Phi) is 7.69. The zero-order valence-electron chi connectivity index (χ0n) is 18.1. The molecule has 0 aliphatic heterocycles. The molecule has 1 aromatic heterocycles. The molecule has 0 atom stereocenters. The molecule has 1 N–H and O–H groups in total. The summed E-state index contributed by atoms with van der Waals surface area (Å²) >= 11 is 0.528. The molecule has 0 saturated carbocycles. The van der Waals surface area contributed by atoms with Crippen molar-refractivity contribution in [3.8, 4) is 11.5 Å². The first-order chi connectivity index (χ1) is 15.1. The Morgan fingerprint density at radius 3 is 1.88 bits per heavy atom. The molecule has 32 heavy (non-hydrogen) atoms. The van der Waals surface area contributed by atoms with Crippen LogP contribution in [0.4, 0.5) is 5.69 Å². The Balaban J connectivity index is 2.72. The van der Waals surface area contributed by atoms with Crippen LogP contribution in [0.5, 0.6) is 11.5 Å². The molecule has 0 fully saturated rings. The van der Waals surface area contributed by atoms with Crippen LogP contribution in [0.25, 0.3) is 0 Å². The molecule has 1 heterocycles. The molecule has 174 valence electrons. The van der Waals surface area contributed by atoms with Gasteiger partial charge in [0.2, 0.25) is 0 Å². The summed E-state index contributed by atoms with van der Waals surface area (Å²) in [5.41, 5.74) is -0.620. The zero-order chi connectivity index (χ0) is 24.2. The monoisotopic (exact) mass is 487 g/mol. The van der Waals surface area contributed by atoms with Crippen LogP contribution in [0, 0.1) is 6.92 Å². The van der Waals surface area contributed by atoms with Crippen LogP contribution in [-0.2, 0) is 24.2 Å². The number of carbonyl (C=O) groups is 3. The molecule has 0 aliphatic carbocycles. The summed E-state index contributed by atoms with van der Waals surface area (Å²) in [6.07, 6.45) is 0. The predicted octanol–water partition coefficient (Wildman–Crippen LogP) is 2.23. The highest BCUT2D eigenvalue weighted by Crippen LogP contribution is 2.37. The molecule has 0 radical (unpaired) electrons. The van der Waals surface area contributed by atoms with Gasteiger partial charge in [-0.2, -0.15) is 0 Å². The second-order valence-corrected chi connectivity index (χ2v) is 8.95. The molecule has 0 bridgehead atoms. The minimum atomic E-state index is -4.50. The third-order valence-corrected chi connectivity index (χ3v) is 7.45. The number of thiophene rings is 1. The fourth-order valence-corrected chi connectivity index (χ4v) is 5.55. The lowest BCUT2D eigenvalue weighted by molar-refractivity contribution is 0.0587. The molecular formula is C19H21NO10S2.